The lowest BCUT2D eigenvalue weighted by atomic mass is 10.1. The Morgan fingerprint density at radius 1 is 1.38 bits per heavy atom. The molecule has 1 nitrogen and oxygen atoms in total. The van der Waals surface area contributed by atoms with E-state index in [0.717, 1.165) is 0 Å². The molecule has 1 aromatic carbocycles. The van der Waals surface area contributed by atoms with Crippen LogP contribution in [0.4, 0.5) is 8.78 Å². The topological polar surface area (TPSA) is 9.23 Å². The fourth-order valence-corrected chi connectivity index (χ4v) is 1.46. The fraction of sp³-hybridized carbons (Fsp3) is 0.333. The highest BCUT2D eigenvalue weighted by Gasteiger charge is 2.14. The summed E-state index contributed by atoms with van der Waals surface area (Å²) < 4.78 is 31.2. The van der Waals surface area contributed by atoms with E-state index >= 15 is 0 Å². The van der Waals surface area contributed by atoms with Gasteiger partial charge in [-0.3, -0.25) is 0 Å². The van der Waals surface area contributed by atoms with Crippen LogP contribution < -0.4 is 4.74 Å². The molecule has 0 heterocycles. The van der Waals surface area contributed by atoms with E-state index in [1.54, 1.807) is 0 Å². The molecule has 0 spiro atoms. The highest BCUT2D eigenvalue weighted by Crippen LogP contribution is 2.27. The van der Waals surface area contributed by atoms with Gasteiger partial charge in [0.05, 0.1) is 7.11 Å². The highest BCUT2D eigenvalue weighted by atomic mass is 79.9. The van der Waals surface area contributed by atoms with Crippen LogP contribution in [0, 0.1) is 18.6 Å². The summed E-state index contributed by atoms with van der Waals surface area (Å²) in [6.07, 6.45) is 0. The van der Waals surface area contributed by atoms with Gasteiger partial charge in [-0.2, -0.15) is 0 Å². The van der Waals surface area contributed by atoms with Gasteiger partial charge in [-0.25, -0.2) is 8.78 Å². The van der Waals surface area contributed by atoms with Crippen LogP contribution in [-0.4, -0.2) is 7.11 Å². The molecule has 4 heteroatoms. The quantitative estimate of drug-likeness (QED) is 0.733. The van der Waals surface area contributed by atoms with Gasteiger partial charge < -0.3 is 4.74 Å². The van der Waals surface area contributed by atoms with Crippen molar-refractivity contribution >= 4 is 15.9 Å². The van der Waals surface area contributed by atoms with Crippen molar-refractivity contribution in [2.45, 2.75) is 12.3 Å². The Hall–Kier alpha value is -0.640. The molecular weight excluding hydrogens is 242 g/mol. The third kappa shape index (κ3) is 1.82. The lowest BCUT2D eigenvalue weighted by molar-refractivity contribution is 0.400. The Bertz CT molecular complexity index is 298. The number of rotatable bonds is 2. The van der Waals surface area contributed by atoms with Gasteiger partial charge in [0.25, 0.3) is 0 Å². The Kier molecular flexibility index (Phi) is 3.25. The van der Waals surface area contributed by atoms with Crippen molar-refractivity contribution in [3.8, 4) is 5.75 Å². The average Bonchev–Trinajstić information content (AvgIpc) is 2.15. The summed E-state index contributed by atoms with van der Waals surface area (Å²) in [6.45, 7) is 1.48. The predicted molar refractivity (Wildman–Crippen MR) is 50.3 cm³/mol. The Balaban J connectivity index is 3.36. The maximum absolute atomic E-state index is 13.1. The highest BCUT2D eigenvalue weighted by molar-refractivity contribution is 9.08. The normalized spacial score (nSPS) is 10.2. The van der Waals surface area contributed by atoms with Crippen LogP contribution in [0.5, 0.6) is 5.75 Å². The smallest absolute Gasteiger partial charge is 0.165 e. The minimum absolute atomic E-state index is 0.199. The molecule has 0 unspecified atom stereocenters. The summed E-state index contributed by atoms with van der Waals surface area (Å²) >= 11 is 3.07. The first-order valence-electron chi connectivity index (χ1n) is 3.69. The van der Waals surface area contributed by atoms with Crippen molar-refractivity contribution in [1.29, 1.82) is 0 Å². The van der Waals surface area contributed by atoms with E-state index in [4.69, 9.17) is 4.74 Å². The van der Waals surface area contributed by atoms with Gasteiger partial charge in [0, 0.05) is 16.5 Å². The number of benzene rings is 1. The van der Waals surface area contributed by atoms with E-state index in [0.29, 0.717) is 5.75 Å². The molecule has 0 saturated carbocycles. The van der Waals surface area contributed by atoms with Crippen molar-refractivity contribution in [1.82, 2.24) is 0 Å². The molecule has 0 aliphatic rings. The average molecular weight is 251 g/mol. The molecule has 0 radical (unpaired) electrons. The third-order valence-electron chi connectivity index (χ3n) is 1.84. The van der Waals surface area contributed by atoms with Crippen LogP contribution in [0.2, 0.25) is 0 Å². The van der Waals surface area contributed by atoms with Crippen LogP contribution in [0.3, 0.4) is 0 Å². The monoisotopic (exact) mass is 250 g/mol. The summed E-state index contributed by atoms with van der Waals surface area (Å²) in [7, 11) is 1.43. The first kappa shape index (κ1) is 10.4. The minimum Gasteiger partial charge on any atom is -0.496 e. The molecule has 0 aromatic heterocycles. The SMILES string of the molecule is COc1cc(CBr)c(F)c(F)c1C. The Morgan fingerprint density at radius 2 is 2.00 bits per heavy atom. The van der Waals surface area contributed by atoms with E-state index in [2.05, 4.69) is 15.9 Å². The van der Waals surface area contributed by atoms with Gasteiger partial charge >= 0.3 is 0 Å². The largest absolute Gasteiger partial charge is 0.496 e. The number of hydrogen-bond acceptors (Lipinski definition) is 1. The molecule has 0 saturated heterocycles. The molecular formula is C9H9BrF2O. The molecule has 1 rings (SSSR count). The van der Waals surface area contributed by atoms with Crippen LogP contribution in [0.25, 0.3) is 0 Å². The number of hydrogen-bond donors (Lipinski definition) is 0. The fourth-order valence-electron chi connectivity index (χ4n) is 1.05. The molecule has 13 heavy (non-hydrogen) atoms. The minimum atomic E-state index is -0.839. The van der Waals surface area contributed by atoms with Gasteiger partial charge in [-0.1, -0.05) is 15.9 Å². The van der Waals surface area contributed by atoms with Gasteiger partial charge in [-0.05, 0) is 13.0 Å². The van der Waals surface area contributed by atoms with Crippen LogP contribution in [0.1, 0.15) is 11.1 Å². The zero-order valence-electron chi connectivity index (χ0n) is 7.33. The maximum atomic E-state index is 13.1. The second-order valence-corrected chi connectivity index (χ2v) is 3.19. The summed E-state index contributed by atoms with van der Waals surface area (Å²) in [5, 5.41) is 0.270. The van der Waals surface area contributed by atoms with E-state index in [9.17, 15) is 8.78 Å². The summed E-state index contributed by atoms with van der Waals surface area (Å²) in [6, 6.07) is 1.49. The molecule has 0 amide bonds. The van der Waals surface area contributed by atoms with E-state index in [1.807, 2.05) is 0 Å². The second-order valence-electron chi connectivity index (χ2n) is 2.62. The van der Waals surface area contributed by atoms with E-state index in [-0.39, 0.29) is 16.5 Å². The van der Waals surface area contributed by atoms with Gasteiger partial charge in [-0.15, -0.1) is 0 Å². The number of methoxy groups -OCH3 is 1. The molecule has 1 aromatic rings. The second kappa shape index (κ2) is 4.05. The first-order valence-corrected chi connectivity index (χ1v) is 4.81. The predicted octanol–water partition coefficient (Wildman–Crippen LogP) is 3.18. The number of ether oxygens (including phenoxy) is 1. The summed E-state index contributed by atoms with van der Waals surface area (Å²) in [5.74, 6) is -1.28. The molecule has 0 fully saturated rings. The number of halogens is 3. The van der Waals surface area contributed by atoms with E-state index < -0.39 is 11.6 Å². The maximum Gasteiger partial charge on any atom is 0.165 e. The van der Waals surface area contributed by atoms with Crippen molar-refractivity contribution in [2.75, 3.05) is 7.11 Å². The van der Waals surface area contributed by atoms with Gasteiger partial charge in [0.15, 0.2) is 11.6 Å². The zero-order valence-corrected chi connectivity index (χ0v) is 8.91. The van der Waals surface area contributed by atoms with Gasteiger partial charge in [0.2, 0.25) is 0 Å². The summed E-state index contributed by atoms with van der Waals surface area (Å²) in [5.41, 5.74) is 0.463. The van der Waals surface area contributed by atoms with Crippen molar-refractivity contribution in [3.05, 3.63) is 28.8 Å². The first-order chi connectivity index (χ1) is 6.11. The molecule has 0 aliphatic carbocycles. The molecule has 0 bridgehead atoms. The Morgan fingerprint density at radius 3 is 2.46 bits per heavy atom. The lowest BCUT2D eigenvalue weighted by Gasteiger charge is -2.08. The number of alkyl halides is 1. The van der Waals surface area contributed by atoms with Gasteiger partial charge in [0.1, 0.15) is 5.75 Å². The third-order valence-corrected chi connectivity index (χ3v) is 2.45. The standard InChI is InChI=1S/C9H9BrF2O/c1-5-7(13-2)3-6(4-10)9(12)8(5)11/h3H,4H2,1-2H3. The lowest BCUT2D eigenvalue weighted by Crippen LogP contribution is -1.98. The molecule has 0 atom stereocenters. The van der Waals surface area contributed by atoms with E-state index in [1.165, 1.54) is 20.1 Å². The molecule has 72 valence electrons. The zero-order chi connectivity index (χ0) is 10.0. The van der Waals surface area contributed by atoms with Crippen molar-refractivity contribution in [2.24, 2.45) is 0 Å². The van der Waals surface area contributed by atoms with Crippen LogP contribution in [-0.2, 0) is 5.33 Å². The summed E-state index contributed by atoms with van der Waals surface area (Å²) in [4.78, 5) is 0. The van der Waals surface area contributed by atoms with Crippen LogP contribution in [0.15, 0.2) is 6.07 Å². The van der Waals surface area contributed by atoms with Crippen molar-refractivity contribution < 1.29 is 13.5 Å². The van der Waals surface area contributed by atoms with Crippen LogP contribution >= 0.6 is 15.9 Å². The van der Waals surface area contributed by atoms with Crippen molar-refractivity contribution in [3.63, 3.8) is 0 Å². The Labute approximate surface area is 83.8 Å². The molecule has 0 aliphatic heterocycles. The molecule has 0 N–H and O–H groups in total.